The zero-order valence-electron chi connectivity index (χ0n) is 12.6. The third-order valence-electron chi connectivity index (χ3n) is 4.36. The van der Waals surface area contributed by atoms with Crippen molar-refractivity contribution < 1.29 is 9.18 Å². The van der Waals surface area contributed by atoms with E-state index in [0.717, 1.165) is 39.2 Å². The van der Waals surface area contributed by atoms with Crippen molar-refractivity contribution in [1.82, 2.24) is 4.57 Å². The minimum atomic E-state index is -0.262. The maximum absolute atomic E-state index is 13.5. The number of rotatable bonds is 2. The van der Waals surface area contributed by atoms with Crippen LogP contribution in [-0.2, 0) is 7.05 Å². The Bertz CT molecular complexity index is 1060. The number of aromatic nitrogens is 1. The second-order valence-electron chi connectivity index (χ2n) is 5.63. The fourth-order valence-electron chi connectivity index (χ4n) is 3.33. The molecular weight excluding hydrogens is 289 g/mol. The molecule has 3 aromatic carbocycles. The number of carbonyl (C=O) groups is 1. The second-order valence-corrected chi connectivity index (χ2v) is 5.63. The van der Waals surface area contributed by atoms with Crippen LogP contribution in [0.5, 0.6) is 0 Å². The highest BCUT2D eigenvalue weighted by Gasteiger charge is 2.17. The number of carbonyl (C=O) groups excluding carboxylic acids is 1. The van der Waals surface area contributed by atoms with Gasteiger partial charge in [0.15, 0.2) is 6.29 Å². The third-order valence-corrected chi connectivity index (χ3v) is 4.36. The molecule has 23 heavy (non-hydrogen) atoms. The molecule has 112 valence electrons. The molecule has 3 heteroatoms. The molecule has 2 nitrogen and oxygen atoms in total. The van der Waals surface area contributed by atoms with Gasteiger partial charge >= 0.3 is 0 Å². The van der Waals surface area contributed by atoms with Crippen molar-refractivity contribution in [1.29, 1.82) is 0 Å². The molecule has 0 aliphatic rings. The highest BCUT2D eigenvalue weighted by atomic mass is 19.1. The number of hydrogen-bond acceptors (Lipinski definition) is 1. The Balaban J connectivity index is 2.15. The normalized spacial score (nSPS) is 11.2. The minimum Gasteiger partial charge on any atom is -0.343 e. The van der Waals surface area contributed by atoms with Crippen LogP contribution in [-0.4, -0.2) is 10.9 Å². The molecule has 1 heterocycles. The van der Waals surface area contributed by atoms with Crippen LogP contribution in [0.3, 0.4) is 0 Å². The Hall–Kier alpha value is -2.94. The van der Waals surface area contributed by atoms with E-state index in [1.165, 1.54) is 12.1 Å². The monoisotopic (exact) mass is 303 g/mol. The molecule has 0 aliphatic heterocycles. The van der Waals surface area contributed by atoms with E-state index in [9.17, 15) is 9.18 Å². The summed E-state index contributed by atoms with van der Waals surface area (Å²) < 4.78 is 15.5. The van der Waals surface area contributed by atoms with Gasteiger partial charge in [0.1, 0.15) is 5.82 Å². The van der Waals surface area contributed by atoms with Crippen molar-refractivity contribution in [2.75, 3.05) is 0 Å². The number of benzene rings is 3. The standard InChI is InChI=1S/C20H14FNO/c1-22-19-8-3-2-6-16(19)18(12-23)20(22)17-7-4-5-13-11-14(21)9-10-15(13)17/h2-12H,1H3. The Morgan fingerprint density at radius 1 is 0.957 bits per heavy atom. The van der Waals surface area contributed by atoms with Crippen LogP contribution >= 0.6 is 0 Å². The summed E-state index contributed by atoms with van der Waals surface area (Å²) in [5.41, 5.74) is 3.46. The van der Waals surface area contributed by atoms with Gasteiger partial charge in [0.25, 0.3) is 0 Å². The number of hydrogen-bond donors (Lipinski definition) is 0. The van der Waals surface area contributed by atoms with E-state index >= 15 is 0 Å². The van der Waals surface area contributed by atoms with Crippen LogP contribution in [0, 0.1) is 5.82 Å². The summed E-state index contributed by atoms with van der Waals surface area (Å²) in [6.07, 6.45) is 0.903. The topological polar surface area (TPSA) is 22.0 Å². The average molecular weight is 303 g/mol. The lowest BCUT2D eigenvalue weighted by Crippen LogP contribution is -1.95. The molecule has 4 rings (SSSR count). The first-order chi connectivity index (χ1) is 11.2. The van der Waals surface area contributed by atoms with Crippen LogP contribution in [0.4, 0.5) is 4.39 Å². The third kappa shape index (κ3) is 1.97. The van der Waals surface area contributed by atoms with Gasteiger partial charge in [-0.1, -0.05) is 42.5 Å². The highest BCUT2D eigenvalue weighted by molar-refractivity contribution is 6.08. The van der Waals surface area contributed by atoms with Gasteiger partial charge in [-0.3, -0.25) is 4.79 Å². The van der Waals surface area contributed by atoms with E-state index in [1.807, 2.05) is 54.1 Å². The van der Waals surface area contributed by atoms with Gasteiger partial charge in [-0.05, 0) is 29.0 Å². The van der Waals surface area contributed by atoms with Crippen molar-refractivity contribution in [3.05, 3.63) is 72.0 Å². The molecule has 0 amide bonds. The first-order valence-corrected chi connectivity index (χ1v) is 7.42. The summed E-state index contributed by atoms with van der Waals surface area (Å²) in [6, 6.07) is 18.3. The van der Waals surface area contributed by atoms with Crippen LogP contribution < -0.4 is 0 Å². The molecule has 0 fully saturated rings. The largest absolute Gasteiger partial charge is 0.343 e. The summed E-state index contributed by atoms with van der Waals surface area (Å²) in [6.45, 7) is 0. The number of para-hydroxylation sites is 1. The van der Waals surface area contributed by atoms with Gasteiger partial charge in [-0.15, -0.1) is 0 Å². The van der Waals surface area contributed by atoms with Crippen LogP contribution in [0.1, 0.15) is 10.4 Å². The Labute approximate surface area is 132 Å². The fourth-order valence-corrected chi connectivity index (χ4v) is 3.33. The van der Waals surface area contributed by atoms with E-state index < -0.39 is 0 Å². The molecule has 0 saturated heterocycles. The van der Waals surface area contributed by atoms with Crippen LogP contribution in [0.2, 0.25) is 0 Å². The zero-order valence-corrected chi connectivity index (χ0v) is 12.6. The fraction of sp³-hybridized carbons (Fsp3) is 0.0500. The van der Waals surface area contributed by atoms with Gasteiger partial charge in [-0.25, -0.2) is 4.39 Å². The summed E-state index contributed by atoms with van der Waals surface area (Å²) in [5.74, 6) is -0.262. The molecule has 0 N–H and O–H groups in total. The molecule has 0 radical (unpaired) electrons. The van der Waals surface area contributed by atoms with Crippen molar-refractivity contribution in [2.45, 2.75) is 0 Å². The molecule has 4 aromatic rings. The molecule has 0 unspecified atom stereocenters. The Morgan fingerprint density at radius 2 is 1.78 bits per heavy atom. The second kappa shape index (κ2) is 5.06. The van der Waals surface area contributed by atoms with Gasteiger partial charge < -0.3 is 4.57 Å². The number of halogens is 1. The summed E-state index contributed by atoms with van der Waals surface area (Å²) in [7, 11) is 1.95. The number of nitrogens with zero attached hydrogens (tertiary/aromatic N) is 1. The van der Waals surface area contributed by atoms with Crippen molar-refractivity contribution in [2.24, 2.45) is 7.05 Å². The SMILES string of the molecule is Cn1c(-c2cccc3cc(F)ccc23)c(C=O)c2ccccc21. The molecule has 0 saturated carbocycles. The summed E-state index contributed by atoms with van der Waals surface area (Å²) in [4.78, 5) is 11.7. The van der Waals surface area contributed by atoms with Crippen molar-refractivity contribution in [3.8, 4) is 11.3 Å². The maximum atomic E-state index is 13.5. The van der Waals surface area contributed by atoms with E-state index in [4.69, 9.17) is 0 Å². The lowest BCUT2D eigenvalue weighted by atomic mass is 9.99. The molecule has 0 aliphatic carbocycles. The van der Waals surface area contributed by atoms with Gasteiger partial charge in [0.05, 0.1) is 5.69 Å². The van der Waals surface area contributed by atoms with Crippen molar-refractivity contribution >= 4 is 28.0 Å². The molecular formula is C20H14FNO. The Morgan fingerprint density at radius 3 is 2.61 bits per heavy atom. The van der Waals surface area contributed by atoms with Gasteiger partial charge in [0, 0.05) is 29.1 Å². The quantitative estimate of drug-likeness (QED) is 0.480. The number of fused-ring (bicyclic) bond motifs is 2. The molecule has 0 spiro atoms. The van der Waals surface area contributed by atoms with Crippen LogP contribution in [0.25, 0.3) is 32.9 Å². The van der Waals surface area contributed by atoms with Gasteiger partial charge in [-0.2, -0.15) is 0 Å². The molecule has 0 atom stereocenters. The van der Waals surface area contributed by atoms with E-state index in [2.05, 4.69) is 0 Å². The zero-order chi connectivity index (χ0) is 16.0. The smallest absolute Gasteiger partial charge is 0.152 e. The maximum Gasteiger partial charge on any atom is 0.152 e. The first kappa shape index (κ1) is 13.7. The summed E-state index contributed by atoms with van der Waals surface area (Å²) in [5, 5.41) is 2.69. The minimum absolute atomic E-state index is 0.262. The summed E-state index contributed by atoms with van der Waals surface area (Å²) >= 11 is 0. The first-order valence-electron chi connectivity index (χ1n) is 7.42. The predicted octanol–water partition coefficient (Wildman–Crippen LogP) is 4.95. The number of aryl methyl sites for hydroxylation is 1. The predicted molar refractivity (Wildman–Crippen MR) is 91.2 cm³/mol. The van der Waals surface area contributed by atoms with Crippen LogP contribution in [0.15, 0.2) is 60.7 Å². The Kier molecular flexibility index (Phi) is 3.01. The van der Waals surface area contributed by atoms with E-state index in [1.54, 1.807) is 6.07 Å². The lowest BCUT2D eigenvalue weighted by molar-refractivity contribution is 0.112. The molecule has 1 aromatic heterocycles. The number of aldehydes is 1. The van der Waals surface area contributed by atoms with Gasteiger partial charge in [0.2, 0.25) is 0 Å². The van der Waals surface area contributed by atoms with E-state index in [0.29, 0.717) is 5.56 Å². The highest BCUT2D eigenvalue weighted by Crippen LogP contribution is 2.35. The lowest BCUT2D eigenvalue weighted by Gasteiger charge is -2.10. The molecule has 0 bridgehead atoms. The van der Waals surface area contributed by atoms with E-state index in [-0.39, 0.29) is 5.82 Å². The average Bonchev–Trinajstić information content (AvgIpc) is 2.86. The van der Waals surface area contributed by atoms with Crippen molar-refractivity contribution in [3.63, 3.8) is 0 Å².